The van der Waals surface area contributed by atoms with E-state index < -0.39 is 0 Å². The van der Waals surface area contributed by atoms with Crippen molar-refractivity contribution >= 4 is 53.4 Å². The first-order valence-electron chi connectivity index (χ1n) is 11.8. The number of rotatable bonds is 0. The molecule has 0 aliphatic heterocycles. The van der Waals surface area contributed by atoms with Gasteiger partial charge < -0.3 is 0 Å². The van der Waals surface area contributed by atoms with E-state index in [0.29, 0.717) is 0 Å². The Balaban J connectivity index is 1.64. The zero-order valence-corrected chi connectivity index (χ0v) is 22.9. The minimum atomic E-state index is -0.0884. The Bertz CT molecular complexity index is 1590. The highest BCUT2D eigenvalue weighted by Gasteiger charge is 2.46. The van der Waals surface area contributed by atoms with Gasteiger partial charge in [-0.25, -0.2) is 0 Å². The molecule has 0 amide bonds. The topological polar surface area (TPSA) is 0 Å². The Kier molecular flexibility index (Phi) is 4.07. The maximum absolute atomic E-state index is 3.88. The van der Waals surface area contributed by atoms with Gasteiger partial charge in [-0.3, -0.25) is 0 Å². The van der Waals surface area contributed by atoms with Crippen molar-refractivity contribution in [1.29, 1.82) is 0 Å². The van der Waals surface area contributed by atoms with Crippen LogP contribution in [0.5, 0.6) is 0 Å². The van der Waals surface area contributed by atoms with Crippen molar-refractivity contribution < 1.29 is 0 Å². The van der Waals surface area contributed by atoms with Crippen LogP contribution in [0.3, 0.4) is 0 Å². The summed E-state index contributed by atoms with van der Waals surface area (Å²) in [6.07, 6.45) is 0. The van der Waals surface area contributed by atoms with Gasteiger partial charge in [0.25, 0.3) is 0 Å². The van der Waals surface area contributed by atoms with Gasteiger partial charge in [0.1, 0.15) is 0 Å². The number of hydrogen-bond acceptors (Lipinski definition) is 0. The second-order valence-electron chi connectivity index (χ2n) is 10.8. The molecule has 5 aromatic rings. The highest BCUT2D eigenvalue weighted by atomic mass is 79.9. The van der Waals surface area contributed by atoms with Crippen molar-refractivity contribution in [2.24, 2.45) is 0 Å². The molecule has 7 rings (SSSR count). The van der Waals surface area contributed by atoms with E-state index in [4.69, 9.17) is 0 Å². The highest BCUT2D eigenvalue weighted by Crippen LogP contribution is 2.61. The Labute approximate surface area is 217 Å². The summed E-state index contributed by atoms with van der Waals surface area (Å²) < 4.78 is 2.36. The summed E-state index contributed by atoms with van der Waals surface area (Å²) in [5.41, 5.74) is 11.2. The average molecular weight is 568 g/mol. The third-order valence-corrected chi connectivity index (χ3v) is 9.64. The fourth-order valence-corrected chi connectivity index (χ4v) is 7.96. The van der Waals surface area contributed by atoms with E-state index in [1.165, 1.54) is 75.0 Å². The molecule has 0 N–H and O–H groups in total. The molecular formula is C32H24Br2. The molecule has 2 aliphatic rings. The first-order chi connectivity index (χ1) is 16.2. The van der Waals surface area contributed by atoms with Crippen molar-refractivity contribution in [3.05, 3.63) is 104 Å². The zero-order chi connectivity index (χ0) is 23.6. The van der Waals surface area contributed by atoms with Crippen LogP contribution in [-0.2, 0) is 10.8 Å². The van der Waals surface area contributed by atoms with Gasteiger partial charge in [-0.2, -0.15) is 0 Å². The normalized spacial score (nSPS) is 16.4. The molecule has 0 saturated carbocycles. The molecule has 0 fully saturated rings. The SMILES string of the molecule is CC1(C)c2cc(Br)c3ccccc3c2-c2ccc3c(c21)C(C)(C)c1cc(Br)c2ccccc2c1-3. The van der Waals surface area contributed by atoms with Crippen LogP contribution in [-0.4, -0.2) is 0 Å². The van der Waals surface area contributed by atoms with Crippen LogP contribution in [0.4, 0.5) is 0 Å². The number of hydrogen-bond donors (Lipinski definition) is 0. The van der Waals surface area contributed by atoms with Crippen molar-refractivity contribution in [1.82, 2.24) is 0 Å². The number of halogens is 2. The van der Waals surface area contributed by atoms with Crippen molar-refractivity contribution in [2.45, 2.75) is 38.5 Å². The molecule has 2 aliphatic carbocycles. The van der Waals surface area contributed by atoms with Crippen LogP contribution in [0.1, 0.15) is 49.9 Å². The number of benzene rings is 5. The van der Waals surface area contributed by atoms with E-state index in [2.05, 4.69) is 132 Å². The van der Waals surface area contributed by atoms with Crippen LogP contribution in [0, 0.1) is 0 Å². The first kappa shape index (κ1) is 20.9. The maximum Gasteiger partial charge on any atom is 0.0257 e. The molecule has 0 saturated heterocycles. The monoisotopic (exact) mass is 566 g/mol. The van der Waals surface area contributed by atoms with Gasteiger partial charge in [-0.15, -0.1) is 0 Å². The lowest BCUT2D eigenvalue weighted by molar-refractivity contribution is 0.601. The van der Waals surface area contributed by atoms with Gasteiger partial charge in [0.2, 0.25) is 0 Å². The Morgan fingerprint density at radius 1 is 0.500 bits per heavy atom. The molecule has 2 heteroatoms. The van der Waals surface area contributed by atoms with E-state index in [9.17, 15) is 0 Å². The third kappa shape index (κ3) is 2.39. The second kappa shape index (κ2) is 6.62. The lowest BCUT2D eigenvalue weighted by atomic mass is 9.72. The molecule has 34 heavy (non-hydrogen) atoms. The van der Waals surface area contributed by atoms with Gasteiger partial charge in [0.05, 0.1) is 0 Å². The quantitative estimate of drug-likeness (QED) is 0.174. The van der Waals surface area contributed by atoms with Gasteiger partial charge in [-0.1, -0.05) is 120 Å². The van der Waals surface area contributed by atoms with Crippen molar-refractivity contribution in [3.8, 4) is 22.3 Å². The van der Waals surface area contributed by atoms with Crippen LogP contribution < -0.4 is 0 Å². The molecular weight excluding hydrogens is 544 g/mol. The summed E-state index contributed by atoms with van der Waals surface area (Å²) in [7, 11) is 0. The summed E-state index contributed by atoms with van der Waals surface area (Å²) in [5, 5.41) is 5.23. The number of fused-ring (bicyclic) bond motifs is 11. The standard InChI is InChI=1S/C32H24Br2/c1-31(2)23-15-25(33)17-9-5-7-11-19(17)27(23)21-13-14-22-28-20-12-8-6-10-18(20)26(34)16-24(28)32(3,4)30(22)29(21)31/h5-16H,1-4H3. The lowest BCUT2D eigenvalue weighted by Gasteiger charge is -2.30. The Morgan fingerprint density at radius 2 is 0.853 bits per heavy atom. The summed E-state index contributed by atoms with van der Waals surface area (Å²) in [6, 6.07) is 27.1. The largest absolute Gasteiger partial charge is 0.0616 e. The molecule has 166 valence electrons. The molecule has 0 spiro atoms. The molecule has 0 unspecified atom stereocenters. The molecule has 5 aromatic carbocycles. The van der Waals surface area contributed by atoms with Crippen LogP contribution >= 0.6 is 31.9 Å². The molecule has 0 heterocycles. The minimum Gasteiger partial charge on any atom is -0.0616 e. The van der Waals surface area contributed by atoms with E-state index in [0.717, 1.165) is 0 Å². The average Bonchev–Trinajstić information content (AvgIpc) is 3.19. The van der Waals surface area contributed by atoms with E-state index in [-0.39, 0.29) is 10.8 Å². The van der Waals surface area contributed by atoms with Crippen molar-refractivity contribution in [2.75, 3.05) is 0 Å². The Hall–Kier alpha value is -2.42. The summed E-state index contributed by atoms with van der Waals surface area (Å²) in [4.78, 5) is 0. The summed E-state index contributed by atoms with van der Waals surface area (Å²) >= 11 is 7.77. The summed E-state index contributed by atoms with van der Waals surface area (Å²) in [6.45, 7) is 9.64. The fraction of sp³-hybridized carbons (Fsp3) is 0.188. The smallest absolute Gasteiger partial charge is 0.0257 e. The molecule has 0 nitrogen and oxygen atoms in total. The molecule has 0 radical (unpaired) electrons. The maximum atomic E-state index is 3.88. The van der Waals surface area contributed by atoms with Crippen LogP contribution in [0.15, 0.2) is 81.7 Å². The fourth-order valence-electron chi connectivity index (χ4n) is 6.82. The van der Waals surface area contributed by atoms with Gasteiger partial charge in [0.15, 0.2) is 0 Å². The molecule has 0 aromatic heterocycles. The first-order valence-corrected chi connectivity index (χ1v) is 13.4. The summed E-state index contributed by atoms with van der Waals surface area (Å²) in [5.74, 6) is 0. The lowest BCUT2D eigenvalue weighted by Crippen LogP contribution is -2.24. The Morgan fingerprint density at radius 3 is 1.24 bits per heavy atom. The minimum absolute atomic E-state index is 0.0884. The van der Waals surface area contributed by atoms with E-state index in [1.807, 2.05) is 0 Å². The van der Waals surface area contributed by atoms with Gasteiger partial charge >= 0.3 is 0 Å². The third-order valence-electron chi connectivity index (χ3n) is 8.33. The zero-order valence-electron chi connectivity index (χ0n) is 19.7. The van der Waals surface area contributed by atoms with Crippen LogP contribution in [0.2, 0.25) is 0 Å². The van der Waals surface area contributed by atoms with E-state index in [1.54, 1.807) is 0 Å². The van der Waals surface area contributed by atoms with Crippen LogP contribution in [0.25, 0.3) is 43.8 Å². The predicted octanol–water partition coefficient (Wildman–Crippen LogP) is 10.1. The molecule has 0 atom stereocenters. The van der Waals surface area contributed by atoms with Gasteiger partial charge in [-0.05, 0) is 78.2 Å². The highest BCUT2D eigenvalue weighted by molar-refractivity contribution is 9.11. The van der Waals surface area contributed by atoms with E-state index >= 15 is 0 Å². The van der Waals surface area contributed by atoms with Gasteiger partial charge in [0, 0.05) is 19.8 Å². The predicted molar refractivity (Wildman–Crippen MR) is 152 cm³/mol. The molecule has 0 bridgehead atoms. The van der Waals surface area contributed by atoms with Crippen molar-refractivity contribution in [3.63, 3.8) is 0 Å². The second-order valence-corrected chi connectivity index (χ2v) is 12.5.